The van der Waals surface area contributed by atoms with Crippen LogP contribution < -0.4 is 10.1 Å². The minimum atomic E-state index is -0.614. The summed E-state index contributed by atoms with van der Waals surface area (Å²) in [6.45, 7) is 1.88. The Hall–Kier alpha value is -0.580. The summed E-state index contributed by atoms with van der Waals surface area (Å²) in [4.78, 5) is 0. The smallest absolute Gasteiger partial charge is 0.122 e. The van der Waals surface area contributed by atoms with Crippen LogP contribution in [0.4, 0.5) is 0 Å². The molecule has 0 saturated carbocycles. The molecule has 0 bridgehead atoms. The molecule has 2 N–H and O–H groups in total. The zero-order valence-corrected chi connectivity index (χ0v) is 12.3. The van der Waals surface area contributed by atoms with E-state index in [9.17, 15) is 5.11 Å². The molecule has 1 aromatic carbocycles. The Morgan fingerprint density at radius 2 is 2.22 bits per heavy atom. The van der Waals surface area contributed by atoms with Crippen molar-refractivity contribution in [2.24, 2.45) is 0 Å². The summed E-state index contributed by atoms with van der Waals surface area (Å²) in [6.07, 6.45) is 3.31. The van der Waals surface area contributed by atoms with E-state index in [1.165, 1.54) is 0 Å². The Kier molecular flexibility index (Phi) is 4.65. The van der Waals surface area contributed by atoms with Crippen LogP contribution in [0.3, 0.4) is 0 Å². The van der Waals surface area contributed by atoms with Crippen molar-refractivity contribution >= 4 is 15.9 Å². The third-order valence-electron chi connectivity index (χ3n) is 3.52. The Morgan fingerprint density at radius 3 is 3.00 bits per heavy atom. The Morgan fingerprint density at radius 1 is 1.39 bits per heavy atom. The molecule has 0 amide bonds. The number of methoxy groups -OCH3 is 1. The van der Waals surface area contributed by atoms with Crippen molar-refractivity contribution in [1.29, 1.82) is 0 Å². The van der Waals surface area contributed by atoms with Gasteiger partial charge in [0.05, 0.1) is 12.7 Å². The topological polar surface area (TPSA) is 41.5 Å². The van der Waals surface area contributed by atoms with Crippen molar-refractivity contribution in [2.45, 2.75) is 31.3 Å². The lowest BCUT2D eigenvalue weighted by atomic mass is 9.87. The second kappa shape index (κ2) is 6.04. The van der Waals surface area contributed by atoms with Gasteiger partial charge in [0.25, 0.3) is 0 Å². The highest BCUT2D eigenvalue weighted by Crippen LogP contribution is 2.30. The van der Waals surface area contributed by atoms with Crippen LogP contribution in [-0.2, 0) is 6.42 Å². The van der Waals surface area contributed by atoms with E-state index in [-0.39, 0.29) is 0 Å². The molecule has 1 fully saturated rings. The number of rotatable bonds is 3. The fraction of sp³-hybridized carbons (Fsp3) is 0.571. The molecule has 3 nitrogen and oxygen atoms in total. The quantitative estimate of drug-likeness (QED) is 0.901. The van der Waals surface area contributed by atoms with Crippen molar-refractivity contribution in [3.05, 3.63) is 28.2 Å². The first-order valence-corrected chi connectivity index (χ1v) is 7.18. The van der Waals surface area contributed by atoms with Crippen LogP contribution in [-0.4, -0.2) is 30.9 Å². The molecule has 0 spiro atoms. The van der Waals surface area contributed by atoms with Crippen molar-refractivity contribution < 1.29 is 9.84 Å². The second-order valence-corrected chi connectivity index (χ2v) is 5.88. The normalized spacial score (nSPS) is 24.6. The fourth-order valence-corrected chi connectivity index (χ4v) is 2.94. The minimum absolute atomic E-state index is 0.614. The maximum Gasteiger partial charge on any atom is 0.122 e. The molecular formula is C14H20BrNO2. The van der Waals surface area contributed by atoms with E-state index < -0.39 is 5.60 Å². The lowest BCUT2D eigenvalue weighted by Crippen LogP contribution is -2.32. The summed E-state index contributed by atoms with van der Waals surface area (Å²) in [5.41, 5.74) is 0.452. The second-order valence-electron chi connectivity index (χ2n) is 4.96. The van der Waals surface area contributed by atoms with Crippen molar-refractivity contribution in [3.8, 4) is 5.75 Å². The zero-order chi connectivity index (χ0) is 13.0. The molecule has 1 aliphatic heterocycles. The summed E-state index contributed by atoms with van der Waals surface area (Å²) in [5, 5.41) is 14.0. The highest BCUT2D eigenvalue weighted by Gasteiger charge is 2.29. The van der Waals surface area contributed by atoms with Crippen LogP contribution in [0.15, 0.2) is 22.7 Å². The van der Waals surface area contributed by atoms with Gasteiger partial charge in [-0.05, 0) is 56.1 Å². The molecule has 1 aromatic rings. The molecule has 1 atom stereocenters. The SMILES string of the molecule is COc1ccc(Br)cc1CC1(O)CCCNCC1. The van der Waals surface area contributed by atoms with Gasteiger partial charge in [0, 0.05) is 10.9 Å². The predicted molar refractivity (Wildman–Crippen MR) is 76.1 cm³/mol. The van der Waals surface area contributed by atoms with Crippen LogP contribution in [0.2, 0.25) is 0 Å². The van der Waals surface area contributed by atoms with E-state index in [0.29, 0.717) is 6.42 Å². The monoisotopic (exact) mass is 313 g/mol. The van der Waals surface area contributed by atoms with Crippen LogP contribution in [0.1, 0.15) is 24.8 Å². The Labute approximate surface area is 117 Å². The molecule has 1 aliphatic rings. The van der Waals surface area contributed by atoms with Crippen LogP contribution in [0.5, 0.6) is 5.75 Å². The van der Waals surface area contributed by atoms with E-state index in [2.05, 4.69) is 21.2 Å². The maximum atomic E-state index is 10.7. The molecule has 1 heterocycles. The average molecular weight is 314 g/mol. The number of ether oxygens (including phenoxy) is 1. The van der Waals surface area contributed by atoms with Crippen LogP contribution in [0, 0.1) is 0 Å². The summed E-state index contributed by atoms with van der Waals surface area (Å²) in [7, 11) is 1.67. The molecule has 0 aromatic heterocycles. The van der Waals surface area contributed by atoms with Crippen molar-refractivity contribution in [2.75, 3.05) is 20.2 Å². The summed E-state index contributed by atoms with van der Waals surface area (Å²) in [5.74, 6) is 0.851. The molecule has 100 valence electrons. The van der Waals surface area contributed by atoms with E-state index in [0.717, 1.165) is 48.1 Å². The summed E-state index contributed by atoms with van der Waals surface area (Å²) >= 11 is 3.47. The van der Waals surface area contributed by atoms with Gasteiger partial charge in [-0.2, -0.15) is 0 Å². The van der Waals surface area contributed by atoms with Gasteiger partial charge in [0.2, 0.25) is 0 Å². The van der Waals surface area contributed by atoms with E-state index >= 15 is 0 Å². The molecular weight excluding hydrogens is 294 g/mol. The molecule has 18 heavy (non-hydrogen) atoms. The Balaban J connectivity index is 2.18. The highest BCUT2D eigenvalue weighted by atomic mass is 79.9. The highest BCUT2D eigenvalue weighted by molar-refractivity contribution is 9.10. The Bertz CT molecular complexity index is 401. The number of halogens is 1. The third kappa shape index (κ3) is 3.46. The number of hydrogen-bond donors (Lipinski definition) is 2. The van der Waals surface area contributed by atoms with E-state index in [4.69, 9.17) is 4.74 Å². The first-order chi connectivity index (χ1) is 8.63. The molecule has 2 rings (SSSR count). The van der Waals surface area contributed by atoms with Gasteiger partial charge in [-0.25, -0.2) is 0 Å². The van der Waals surface area contributed by atoms with Gasteiger partial charge in [-0.15, -0.1) is 0 Å². The van der Waals surface area contributed by atoms with Crippen molar-refractivity contribution in [1.82, 2.24) is 5.32 Å². The standard InChI is InChI=1S/C14H20BrNO2/c1-18-13-4-3-12(15)9-11(13)10-14(17)5-2-7-16-8-6-14/h3-4,9,16-17H,2,5-8,10H2,1H3. The van der Waals surface area contributed by atoms with Gasteiger partial charge in [0.1, 0.15) is 5.75 Å². The number of benzene rings is 1. The molecule has 1 saturated heterocycles. The van der Waals surface area contributed by atoms with Gasteiger partial charge in [-0.3, -0.25) is 0 Å². The fourth-order valence-electron chi connectivity index (χ4n) is 2.53. The van der Waals surface area contributed by atoms with Gasteiger partial charge in [0.15, 0.2) is 0 Å². The number of nitrogens with one attached hydrogen (secondary N) is 1. The molecule has 0 radical (unpaired) electrons. The van der Waals surface area contributed by atoms with Gasteiger partial charge < -0.3 is 15.2 Å². The molecule has 4 heteroatoms. The zero-order valence-electron chi connectivity index (χ0n) is 10.7. The largest absolute Gasteiger partial charge is 0.496 e. The van der Waals surface area contributed by atoms with Crippen LogP contribution in [0.25, 0.3) is 0 Å². The molecule has 1 unspecified atom stereocenters. The van der Waals surface area contributed by atoms with E-state index in [1.807, 2.05) is 18.2 Å². The number of hydrogen-bond acceptors (Lipinski definition) is 3. The van der Waals surface area contributed by atoms with E-state index in [1.54, 1.807) is 7.11 Å². The van der Waals surface area contributed by atoms with Crippen LogP contribution >= 0.6 is 15.9 Å². The predicted octanol–water partition coefficient (Wildman–Crippen LogP) is 2.50. The lowest BCUT2D eigenvalue weighted by molar-refractivity contribution is 0.0279. The van der Waals surface area contributed by atoms with Crippen molar-refractivity contribution in [3.63, 3.8) is 0 Å². The molecule has 0 aliphatic carbocycles. The first kappa shape index (κ1) is 13.8. The summed E-state index contributed by atoms with van der Waals surface area (Å²) in [6, 6.07) is 5.94. The summed E-state index contributed by atoms with van der Waals surface area (Å²) < 4.78 is 6.39. The first-order valence-electron chi connectivity index (χ1n) is 6.38. The van der Waals surface area contributed by atoms with Gasteiger partial charge >= 0.3 is 0 Å². The number of aliphatic hydroxyl groups is 1. The minimum Gasteiger partial charge on any atom is -0.496 e. The van der Waals surface area contributed by atoms with Gasteiger partial charge in [-0.1, -0.05) is 15.9 Å². The maximum absolute atomic E-state index is 10.7. The lowest BCUT2D eigenvalue weighted by Gasteiger charge is -2.27. The third-order valence-corrected chi connectivity index (χ3v) is 4.02. The average Bonchev–Trinajstić information content (AvgIpc) is 2.54.